The van der Waals surface area contributed by atoms with Crippen LogP contribution >= 0.6 is 0 Å². The monoisotopic (exact) mass is 482 g/mol. The Morgan fingerprint density at radius 2 is 1.62 bits per heavy atom. The van der Waals surface area contributed by atoms with Crippen molar-refractivity contribution in [1.82, 2.24) is 9.37 Å². The minimum atomic E-state index is -3.65. The zero-order valence-electron chi connectivity index (χ0n) is 19.6. The Balaban J connectivity index is 1.55. The smallest absolute Gasteiger partial charge is 0.221 e. The molecule has 3 aromatic rings. The molecule has 1 saturated heterocycles. The summed E-state index contributed by atoms with van der Waals surface area (Å²) >= 11 is 0. The molecule has 0 bridgehead atoms. The number of hydrogen-bond acceptors (Lipinski definition) is 6. The third-order valence-corrected chi connectivity index (χ3v) is 8.17. The molecule has 1 aliphatic heterocycles. The lowest BCUT2D eigenvalue weighted by Gasteiger charge is -2.27. The van der Waals surface area contributed by atoms with Crippen molar-refractivity contribution in [2.45, 2.75) is 24.4 Å². The van der Waals surface area contributed by atoms with E-state index in [2.05, 4.69) is 0 Å². The molecule has 3 aromatic carbocycles. The van der Waals surface area contributed by atoms with E-state index in [-0.39, 0.29) is 6.61 Å². The van der Waals surface area contributed by atoms with Gasteiger partial charge in [-0.3, -0.25) is 4.84 Å². The lowest BCUT2D eigenvalue weighted by Crippen LogP contribution is -2.40. The Hall–Kier alpha value is -2.91. The molecule has 0 amide bonds. The number of nitrogens with zero attached hydrogens (tertiary/aromatic N) is 2. The van der Waals surface area contributed by atoms with E-state index < -0.39 is 21.3 Å². The Labute approximate surface area is 201 Å². The minimum absolute atomic E-state index is 0.0806. The molecule has 0 radical (unpaired) electrons. The molecule has 0 spiro atoms. The van der Waals surface area contributed by atoms with E-state index in [1.54, 1.807) is 26.3 Å². The normalized spacial score (nSPS) is 18.8. The molecule has 2 unspecified atom stereocenters. The molecule has 0 N–H and O–H groups in total. The molecule has 1 fully saturated rings. The molecule has 4 rings (SSSR count). The van der Waals surface area contributed by atoms with E-state index in [0.29, 0.717) is 24.7 Å². The summed E-state index contributed by atoms with van der Waals surface area (Å²) in [5, 5.41) is 0.852. The van der Waals surface area contributed by atoms with Crippen LogP contribution in [-0.4, -0.2) is 50.8 Å². The molecule has 0 saturated carbocycles. The van der Waals surface area contributed by atoms with Gasteiger partial charge in [0.2, 0.25) is 10.0 Å². The summed E-state index contributed by atoms with van der Waals surface area (Å²) in [4.78, 5) is 5.68. The number of rotatable bonds is 9. The molecule has 2 atom stereocenters. The van der Waals surface area contributed by atoms with Gasteiger partial charge < -0.3 is 9.47 Å². The fourth-order valence-electron chi connectivity index (χ4n) is 4.15. The van der Waals surface area contributed by atoms with E-state index in [0.717, 1.165) is 16.7 Å². The number of methoxy groups -OCH3 is 1. The van der Waals surface area contributed by atoms with Gasteiger partial charge in [0.25, 0.3) is 0 Å². The lowest BCUT2D eigenvalue weighted by atomic mass is 10.0. The van der Waals surface area contributed by atoms with Crippen molar-refractivity contribution in [3.8, 4) is 11.5 Å². The first-order chi connectivity index (χ1) is 16.4. The molecule has 180 valence electrons. The third-order valence-electron chi connectivity index (χ3n) is 6.02. The first-order valence-electron chi connectivity index (χ1n) is 11.1. The van der Waals surface area contributed by atoms with Crippen LogP contribution in [0.4, 0.5) is 0 Å². The maximum absolute atomic E-state index is 13.5. The molecular formula is C26H30N2O5S. The second kappa shape index (κ2) is 10.6. The maximum atomic E-state index is 13.5. The molecule has 8 heteroatoms. The van der Waals surface area contributed by atoms with E-state index in [1.165, 1.54) is 4.31 Å². The van der Waals surface area contributed by atoms with Crippen LogP contribution in [0.1, 0.15) is 22.7 Å². The number of hydrogen-bond donors (Lipinski definition) is 0. The van der Waals surface area contributed by atoms with Crippen LogP contribution in [0.5, 0.6) is 11.5 Å². The van der Waals surface area contributed by atoms with E-state index in [9.17, 15) is 8.42 Å². The summed E-state index contributed by atoms with van der Waals surface area (Å²) in [5.74, 6) is 1.14. The predicted molar refractivity (Wildman–Crippen MR) is 131 cm³/mol. The summed E-state index contributed by atoms with van der Waals surface area (Å²) in [6.07, 6.45) is 0. The van der Waals surface area contributed by atoms with Crippen molar-refractivity contribution in [3.05, 3.63) is 95.6 Å². The van der Waals surface area contributed by atoms with E-state index in [4.69, 9.17) is 14.3 Å². The molecule has 7 nitrogen and oxygen atoms in total. The quantitative estimate of drug-likeness (QED) is 0.459. The van der Waals surface area contributed by atoms with Crippen LogP contribution in [0, 0.1) is 0 Å². The molecule has 1 heterocycles. The van der Waals surface area contributed by atoms with Crippen molar-refractivity contribution in [2.75, 3.05) is 27.8 Å². The van der Waals surface area contributed by atoms with Crippen molar-refractivity contribution in [3.63, 3.8) is 0 Å². The fourth-order valence-corrected chi connectivity index (χ4v) is 5.83. The second-order valence-electron chi connectivity index (χ2n) is 8.30. The van der Waals surface area contributed by atoms with Gasteiger partial charge in [-0.2, -0.15) is 5.06 Å². The number of hydroxylamine groups is 2. The molecule has 0 aliphatic carbocycles. The number of benzene rings is 3. The average molecular weight is 483 g/mol. The summed E-state index contributed by atoms with van der Waals surface area (Å²) in [7, 11) is 1.29. The summed E-state index contributed by atoms with van der Waals surface area (Å²) in [5.41, 5.74) is 2.76. The highest BCUT2D eigenvalue weighted by atomic mass is 32.2. The van der Waals surface area contributed by atoms with E-state index in [1.807, 2.05) is 78.9 Å². The van der Waals surface area contributed by atoms with Crippen molar-refractivity contribution >= 4 is 10.0 Å². The topological polar surface area (TPSA) is 68.3 Å². The van der Waals surface area contributed by atoms with Crippen molar-refractivity contribution in [1.29, 1.82) is 0 Å². The van der Waals surface area contributed by atoms with Gasteiger partial charge >= 0.3 is 0 Å². The number of ether oxygens (including phenoxy) is 2. The van der Waals surface area contributed by atoms with Crippen molar-refractivity contribution in [2.24, 2.45) is 0 Å². The standard InChI is InChI=1S/C26H30N2O5S/c1-27(17-20-10-6-4-7-11-20)34(29,30)25-19-33-28(2)26(25)22-14-15-23(24(16-22)31-3)32-18-21-12-8-5-9-13-21/h4-16,25-26H,17-19H2,1-3H3. The SMILES string of the molecule is COc1cc(C2C(S(=O)(=O)N(C)Cc3ccccc3)CON2C)ccc1OCc1ccccc1. The van der Waals surface area contributed by atoms with Crippen LogP contribution in [0.2, 0.25) is 0 Å². The third kappa shape index (κ3) is 5.26. The van der Waals surface area contributed by atoms with Crippen LogP contribution in [0.15, 0.2) is 78.9 Å². The molecule has 34 heavy (non-hydrogen) atoms. The van der Waals surface area contributed by atoms with Gasteiger partial charge in [-0.15, -0.1) is 0 Å². The van der Waals surface area contributed by atoms with E-state index >= 15 is 0 Å². The average Bonchev–Trinajstić information content (AvgIpc) is 3.26. The van der Waals surface area contributed by atoms with Crippen LogP contribution in [0.3, 0.4) is 0 Å². The Morgan fingerprint density at radius 1 is 0.971 bits per heavy atom. The first kappa shape index (κ1) is 24.2. The van der Waals surface area contributed by atoms with Gasteiger partial charge in [-0.05, 0) is 28.8 Å². The number of sulfonamides is 1. The van der Waals surface area contributed by atoms with Crippen LogP contribution < -0.4 is 9.47 Å². The van der Waals surface area contributed by atoms with Gasteiger partial charge in [-0.25, -0.2) is 12.7 Å². The van der Waals surface area contributed by atoms with Gasteiger partial charge in [0.1, 0.15) is 11.9 Å². The van der Waals surface area contributed by atoms with Gasteiger partial charge in [0.15, 0.2) is 11.5 Å². The van der Waals surface area contributed by atoms with Crippen LogP contribution in [-0.2, 0) is 28.0 Å². The summed E-state index contributed by atoms with van der Waals surface area (Å²) in [6, 6.07) is 24.5. The highest BCUT2D eigenvalue weighted by molar-refractivity contribution is 7.89. The zero-order chi connectivity index (χ0) is 24.1. The van der Waals surface area contributed by atoms with Gasteiger partial charge in [-0.1, -0.05) is 66.7 Å². The minimum Gasteiger partial charge on any atom is -0.493 e. The maximum Gasteiger partial charge on any atom is 0.221 e. The van der Waals surface area contributed by atoms with Gasteiger partial charge in [0.05, 0.1) is 19.8 Å². The highest BCUT2D eigenvalue weighted by Crippen LogP contribution is 2.39. The summed E-state index contributed by atoms with van der Waals surface area (Å²) in [6.45, 7) is 0.785. The molecule has 0 aromatic heterocycles. The summed E-state index contributed by atoms with van der Waals surface area (Å²) < 4.78 is 40.0. The molecule has 1 aliphatic rings. The van der Waals surface area contributed by atoms with Crippen molar-refractivity contribution < 1.29 is 22.7 Å². The Bertz CT molecular complexity index is 1190. The zero-order valence-corrected chi connectivity index (χ0v) is 20.4. The highest BCUT2D eigenvalue weighted by Gasteiger charge is 2.45. The molecular weight excluding hydrogens is 452 g/mol. The van der Waals surface area contributed by atoms with Crippen LogP contribution in [0.25, 0.3) is 0 Å². The largest absolute Gasteiger partial charge is 0.493 e. The predicted octanol–water partition coefficient (Wildman–Crippen LogP) is 4.02. The second-order valence-corrected chi connectivity index (χ2v) is 10.6. The fraction of sp³-hybridized carbons (Fsp3) is 0.308. The first-order valence-corrected chi connectivity index (χ1v) is 12.6. The lowest BCUT2D eigenvalue weighted by molar-refractivity contribution is -0.110. The van der Waals surface area contributed by atoms with Gasteiger partial charge in [0, 0.05) is 20.6 Å². The Morgan fingerprint density at radius 3 is 2.26 bits per heavy atom. The Kier molecular flexibility index (Phi) is 7.53.